The van der Waals surface area contributed by atoms with Crippen molar-refractivity contribution in [3.8, 4) is 5.75 Å². The maximum Gasteiger partial charge on any atom is 0.261 e. The van der Waals surface area contributed by atoms with Crippen molar-refractivity contribution in [2.75, 3.05) is 6.61 Å². The molecule has 4 nitrogen and oxygen atoms in total. The fraction of sp³-hybridized carbons (Fsp3) is 0.500. The molecule has 0 radical (unpaired) electrons. The molecule has 1 amide bonds. The molecular formula is C14H20ClNO3. The molecule has 0 heterocycles. The Morgan fingerprint density at radius 1 is 1.53 bits per heavy atom. The first kappa shape index (κ1) is 15.8. The summed E-state index contributed by atoms with van der Waals surface area (Å²) in [5.41, 5.74) is 0.327. The Balaban J connectivity index is 2.71. The number of aryl methyl sites for hydroxylation is 1. The van der Waals surface area contributed by atoms with E-state index in [9.17, 15) is 4.79 Å². The highest BCUT2D eigenvalue weighted by atomic mass is 35.5. The molecule has 0 spiro atoms. The highest BCUT2D eigenvalue weighted by Gasteiger charge is 2.24. The third-order valence-corrected chi connectivity index (χ3v) is 2.93. The summed E-state index contributed by atoms with van der Waals surface area (Å²) in [6.45, 7) is 6.88. The van der Waals surface area contributed by atoms with Crippen molar-refractivity contribution in [2.24, 2.45) is 0 Å². The van der Waals surface area contributed by atoms with E-state index >= 15 is 0 Å². The predicted octanol–water partition coefficient (Wildman–Crippen LogP) is 2.30. The largest absolute Gasteiger partial charge is 0.479 e. The third kappa shape index (κ3) is 4.73. The number of hydrogen-bond donors (Lipinski definition) is 2. The Morgan fingerprint density at radius 3 is 2.74 bits per heavy atom. The van der Waals surface area contributed by atoms with Gasteiger partial charge in [-0.2, -0.15) is 0 Å². The van der Waals surface area contributed by atoms with E-state index in [1.54, 1.807) is 32.9 Å². The van der Waals surface area contributed by atoms with Crippen LogP contribution in [0.1, 0.15) is 26.3 Å². The molecule has 0 saturated carbocycles. The number of rotatable bonds is 5. The lowest BCUT2D eigenvalue weighted by Crippen LogP contribution is -2.50. The maximum atomic E-state index is 11.9. The SMILES string of the molecule is Cc1ccc(Cl)c(OC(C)C(=O)NC(C)(C)CO)c1. The monoisotopic (exact) mass is 285 g/mol. The minimum atomic E-state index is -0.690. The first-order valence-electron chi connectivity index (χ1n) is 6.11. The number of carbonyl (C=O) groups is 1. The zero-order valence-corrected chi connectivity index (χ0v) is 12.4. The lowest BCUT2D eigenvalue weighted by Gasteiger charge is -2.26. The van der Waals surface area contributed by atoms with Crippen LogP contribution in [-0.2, 0) is 4.79 Å². The van der Waals surface area contributed by atoms with Gasteiger partial charge in [-0.15, -0.1) is 0 Å². The highest BCUT2D eigenvalue weighted by molar-refractivity contribution is 6.32. The Morgan fingerprint density at radius 2 is 2.16 bits per heavy atom. The van der Waals surface area contributed by atoms with E-state index in [2.05, 4.69) is 5.32 Å². The fourth-order valence-corrected chi connectivity index (χ4v) is 1.58. The number of ether oxygens (including phenoxy) is 1. The van der Waals surface area contributed by atoms with Crippen molar-refractivity contribution < 1.29 is 14.6 Å². The van der Waals surface area contributed by atoms with Crippen molar-refractivity contribution in [3.05, 3.63) is 28.8 Å². The van der Waals surface area contributed by atoms with Crippen molar-refractivity contribution in [1.82, 2.24) is 5.32 Å². The Kier molecular flexibility index (Phi) is 5.20. The van der Waals surface area contributed by atoms with E-state index < -0.39 is 11.6 Å². The summed E-state index contributed by atoms with van der Waals surface area (Å²) in [4.78, 5) is 11.9. The molecule has 0 aliphatic rings. The minimum absolute atomic E-state index is 0.142. The van der Waals surface area contributed by atoms with Gasteiger partial charge in [0.2, 0.25) is 0 Å². The second-order valence-electron chi connectivity index (χ2n) is 5.23. The summed E-state index contributed by atoms with van der Waals surface area (Å²) < 4.78 is 5.55. The minimum Gasteiger partial charge on any atom is -0.479 e. The lowest BCUT2D eigenvalue weighted by molar-refractivity contribution is -0.129. The van der Waals surface area contributed by atoms with Gasteiger partial charge >= 0.3 is 0 Å². The summed E-state index contributed by atoms with van der Waals surface area (Å²) in [6, 6.07) is 5.38. The number of aliphatic hydroxyl groups is 1. The summed E-state index contributed by atoms with van der Waals surface area (Å²) in [6.07, 6.45) is -0.690. The van der Waals surface area contributed by atoms with Crippen LogP contribution in [0.15, 0.2) is 18.2 Å². The number of hydrogen-bond acceptors (Lipinski definition) is 3. The first-order valence-corrected chi connectivity index (χ1v) is 6.48. The molecule has 0 aromatic heterocycles. The summed E-state index contributed by atoms with van der Waals surface area (Å²) in [5.74, 6) is 0.183. The second kappa shape index (κ2) is 6.26. The van der Waals surface area contributed by atoms with Gasteiger partial charge in [-0.25, -0.2) is 0 Å². The molecule has 5 heteroatoms. The van der Waals surface area contributed by atoms with Crippen LogP contribution in [0, 0.1) is 6.92 Å². The molecule has 1 atom stereocenters. The van der Waals surface area contributed by atoms with Crippen molar-refractivity contribution in [2.45, 2.75) is 39.3 Å². The Hall–Kier alpha value is -1.26. The van der Waals surface area contributed by atoms with E-state index in [-0.39, 0.29) is 12.5 Å². The standard InChI is InChI=1S/C14H20ClNO3/c1-9-5-6-11(15)12(7-9)19-10(2)13(18)16-14(3,4)8-17/h5-7,10,17H,8H2,1-4H3,(H,16,18). The average Bonchev–Trinajstić information content (AvgIpc) is 2.33. The van der Waals surface area contributed by atoms with Gasteiger partial charge in [0, 0.05) is 0 Å². The van der Waals surface area contributed by atoms with Crippen LogP contribution in [0.4, 0.5) is 0 Å². The molecule has 0 aliphatic heterocycles. The quantitative estimate of drug-likeness (QED) is 0.873. The maximum absolute atomic E-state index is 11.9. The number of carbonyl (C=O) groups excluding carboxylic acids is 1. The van der Waals surface area contributed by atoms with E-state index in [4.69, 9.17) is 21.4 Å². The van der Waals surface area contributed by atoms with Crippen molar-refractivity contribution >= 4 is 17.5 Å². The second-order valence-corrected chi connectivity index (χ2v) is 5.63. The van der Waals surface area contributed by atoms with E-state index in [1.807, 2.05) is 13.0 Å². The van der Waals surface area contributed by atoms with Crippen LogP contribution in [0.5, 0.6) is 5.75 Å². The van der Waals surface area contributed by atoms with Crippen LogP contribution in [0.25, 0.3) is 0 Å². The Labute approximate surface area is 118 Å². The van der Waals surface area contributed by atoms with Crippen LogP contribution in [-0.4, -0.2) is 29.3 Å². The molecule has 1 aromatic carbocycles. The molecule has 106 valence electrons. The third-order valence-electron chi connectivity index (χ3n) is 2.62. The lowest BCUT2D eigenvalue weighted by atomic mass is 10.1. The molecule has 0 bridgehead atoms. The van der Waals surface area contributed by atoms with Crippen LogP contribution < -0.4 is 10.1 Å². The number of aliphatic hydroxyl groups excluding tert-OH is 1. The Bertz CT molecular complexity index is 460. The van der Waals surface area contributed by atoms with Crippen molar-refractivity contribution in [3.63, 3.8) is 0 Å². The van der Waals surface area contributed by atoms with Crippen LogP contribution in [0.2, 0.25) is 5.02 Å². The predicted molar refractivity (Wildman–Crippen MR) is 75.6 cm³/mol. The van der Waals surface area contributed by atoms with Gasteiger partial charge in [0.15, 0.2) is 6.10 Å². The van der Waals surface area contributed by atoms with E-state index in [0.29, 0.717) is 10.8 Å². The summed E-state index contributed by atoms with van der Waals surface area (Å²) in [5, 5.41) is 12.3. The van der Waals surface area contributed by atoms with Gasteiger partial charge in [0.05, 0.1) is 17.2 Å². The fourth-order valence-electron chi connectivity index (χ4n) is 1.42. The van der Waals surface area contributed by atoms with Crippen LogP contribution in [0.3, 0.4) is 0 Å². The van der Waals surface area contributed by atoms with E-state index in [1.165, 1.54) is 0 Å². The van der Waals surface area contributed by atoms with Crippen molar-refractivity contribution in [1.29, 1.82) is 0 Å². The van der Waals surface area contributed by atoms with Crippen LogP contribution >= 0.6 is 11.6 Å². The van der Waals surface area contributed by atoms with Gasteiger partial charge in [0.1, 0.15) is 5.75 Å². The first-order chi connectivity index (χ1) is 8.75. The molecule has 1 rings (SSSR count). The number of benzene rings is 1. The molecule has 19 heavy (non-hydrogen) atoms. The molecule has 0 aliphatic carbocycles. The summed E-state index contributed by atoms with van der Waals surface area (Å²) >= 11 is 6.01. The van der Waals surface area contributed by atoms with Gasteiger partial charge in [0.25, 0.3) is 5.91 Å². The normalized spacial score (nSPS) is 12.9. The summed E-state index contributed by atoms with van der Waals surface area (Å²) in [7, 11) is 0. The molecule has 1 unspecified atom stereocenters. The molecule has 1 aromatic rings. The van der Waals surface area contributed by atoms with Gasteiger partial charge in [-0.1, -0.05) is 17.7 Å². The number of halogens is 1. The molecule has 2 N–H and O–H groups in total. The zero-order chi connectivity index (χ0) is 14.6. The zero-order valence-electron chi connectivity index (χ0n) is 11.7. The number of nitrogens with one attached hydrogen (secondary N) is 1. The molecule has 0 saturated heterocycles. The van der Waals surface area contributed by atoms with Gasteiger partial charge in [-0.05, 0) is 45.4 Å². The highest BCUT2D eigenvalue weighted by Crippen LogP contribution is 2.26. The van der Waals surface area contributed by atoms with Gasteiger partial charge < -0.3 is 15.2 Å². The smallest absolute Gasteiger partial charge is 0.261 e. The topological polar surface area (TPSA) is 58.6 Å². The molecule has 0 fully saturated rings. The average molecular weight is 286 g/mol. The number of amides is 1. The van der Waals surface area contributed by atoms with E-state index in [0.717, 1.165) is 5.56 Å². The van der Waals surface area contributed by atoms with Gasteiger partial charge in [-0.3, -0.25) is 4.79 Å². The molecular weight excluding hydrogens is 266 g/mol.